The molecule has 4 nitrogen and oxygen atoms in total. The van der Waals surface area contributed by atoms with Crippen LogP contribution in [-0.2, 0) is 11.3 Å². The van der Waals surface area contributed by atoms with Crippen molar-refractivity contribution < 1.29 is 14.4 Å². The average molecular weight is 375 g/mol. The summed E-state index contributed by atoms with van der Waals surface area (Å²) in [4.78, 5) is 14.3. The molecule has 2 N–H and O–H groups in total. The third-order valence-corrected chi connectivity index (χ3v) is 4.82. The highest BCUT2D eigenvalue weighted by molar-refractivity contribution is 5.94. The number of anilines is 1. The van der Waals surface area contributed by atoms with E-state index in [1.807, 2.05) is 86.8 Å². The van der Waals surface area contributed by atoms with Crippen molar-refractivity contribution in [1.82, 2.24) is 0 Å². The Morgan fingerprint density at radius 1 is 1.00 bits per heavy atom. The van der Waals surface area contributed by atoms with E-state index in [0.29, 0.717) is 6.54 Å². The number of hydrogen-bond acceptors (Lipinski definition) is 2. The fraction of sp³-hybridized carbons (Fsp3) is 0.208. The largest absolute Gasteiger partial charge is 0.497 e. The molecule has 0 aromatic heterocycles. The van der Waals surface area contributed by atoms with Gasteiger partial charge >= 0.3 is 0 Å². The maximum absolute atomic E-state index is 13.2. The highest BCUT2D eigenvalue weighted by atomic mass is 16.5. The minimum absolute atomic E-state index is 0.0181. The van der Waals surface area contributed by atoms with Crippen molar-refractivity contribution in [3.63, 3.8) is 0 Å². The lowest BCUT2D eigenvalue weighted by Gasteiger charge is -2.25. The van der Waals surface area contributed by atoms with Gasteiger partial charge < -0.3 is 15.0 Å². The van der Waals surface area contributed by atoms with E-state index >= 15 is 0 Å². The molecule has 2 atom stereocenters. The molecule has 144 valence electrons. The van der Waals surface area contributed by atoms with E-state index in [0.717, 1.165) is 27.5 Å². The fourth-order valence-corrected chi connectivity index (χ4v) is 3.36. The summed E-state index contributed by atoms with van der Waals surface area (Å²) >= 11 is 0. The Balaban J connectivity index is 1.83. The molecule has 0 spiro atoms. The lowest BCUT2D eigenvalue weighted by Crippen LogP contribution is -3.09. The van der Waals surface area contributed by atoms with Crippen molar-refractivity contribution in [3.05, 3.63) is 95.6 Å². The molecular weight excluding hydrogens is 348 g/mol. The third-order valence-electron chi connectivity index (χ3n) is 4.82. The molecule has 0 heterocycles. The molecule has 0 saturated carbocycles. The maximum atomic E-state index is 13.2. The van der Waals surface area contributed by atoms with Crippen molar-refractivity contribution in [2.45, 2.75) is 19.5 Å². The second-order valence-electron chi connectivity index (χ2n) is 7.07. The monoisotopic (exact) mass is 375 g/mol. The summed E-state index contributed by atoms with van der Waals surface area (Å²) in [7, 11) is 3.71. The van der Waals surface area contributed by atoms with Crippen LogP contribution in [0, 0.1) is 6.92 Å². The van der Waals surface area contributed by atoms with Gasteiger partial charge in [0.2, 0.25) is 0 Å². The highest BCUT2D eigenvalue weighted by Crippen LogP contribution is 2.16. The summed E-state index contributed by atoms with van der Waals surface area (Å²) in [6.07, 6.45) is 0. The molecule has 3 aromatic rings. The van der Waals surface area contributed by atoms with Crippen LogP contribution in [0.4, 0.5) is 5.69 Å². The van der Waals surface area contributed by atoms with Crippen LogP contribution in [0.15, 0.2) is 78.9 Å². The Hall–Kier alpha value is -3.11. The number of benzene rings is 3. The van der Waals surface area contributed by atoms with Gasteiger partial charge in [-0.05, 0) is 31.2 Å². The van der Waals surface area contributed by atoms with E-state index in [4.69, 9.17) is 4.74 Å². The Labute approximate surface area is 166 Å². The quantitative estimate of drug-likeness (QED) is 0.665. The summed E-state index contributed by atoms with van der Waals surface area (Å²) in [5.74, 6) is 0.807. The molecule has 0 aliphatic heterocycles. The molecule has 0 bridgehead atoms. The van der Waals surface area contributed by atoms with Gasteiger partial charge in [-0.1, -0.05) is 60.2 Å². The number of amides is 1. The fourth-order valence-electron chi connectivity index (χ4n) is 3.36. The maximum Gasteiger partial charge on any atom is 0.287 e. The average Bonchev–Trinajstić information content (AvgIpc) is 2.71. The first-order valence-corrected chi connectivity index (χ1v) is 9.44. The van der Waals surface area contributed by atoms with Gasteiger partial charge in [0.25, 0.3) is 5.91 Å². The molecule has 0 aliphatic carbocycles. The lowest BCUT2D eigenvalue weighted by atomic mass is 10.0. The second-order valence-corrected chi connectivity index (χ2v) is 7.07. The van der Waals surface area contributed by atoms with Crippen LogP contribution < -0.4 is 15.0 Å². The summed E-state index contributed by atoms with van der Waals surface area (Å²) in [6.45, 7) is 2.74. The molecule has 3 aromatic carbocycles. The lowest BCUT2D eigenvalue weighted by molar-refractivity contribution is -0.915. The number of nitrogens with one attached hydrogen (secondary N) is 2. The van der Waals surface area contributed by atoms with E-state index in [1.165, 1.54) is 5.56 Å². The molecule has 28 heavy (non-hydrogen) atoms. The predicted molar refractivity (Wildman–Crippen MR) is 113 cm³/mol. The molecule has 1 amide bonds. The van der Waals surface area contributed by atoms with Gasteiger partial charge in [0.15, 0.2) is 6.04 Å². The molecule has 0 saturated heterocycles. The number of aryl methyl sites for hydroxylation is 1. The van der Waals surface area contributed by atoms with E-state index < -0.39 is 0 Å². The summed E-state index contributed by atoms with van der Waals surface area (Å²) in [5.41, 5.74) is 4.09. The number of carbonyl (C=O) groups excluding carboxylic acids is 1. The van der Waals surface area contributed by atoms with Gasteiger partial charge in [-0.3, -0.25) is 4.79 Å². The van der Waals surface area contributed by atoms with Crippen LogP contribution in [0.3, 0.4) is 0 Å². The van der Waals surface area contributed by atoms with Gasteiger partial charge in [-0.25, -0.2) is 0 Å². The standard InChI is InChI=1S/C24H26N2O2/c1-18-12-14-21(15-13-18)25-24(27)23(20-9-5-4-6-10-20)26(2)17-19-8-7-11-22(16-19)28-3/h4-16,23H,17H2,1-3H3,(H,25,27)/p+1/t23-/m1/s1. The van der Waals surface area contributed by atoms with E-state index in [9.17, 15) is 4.79 Å². The van der Waals surface area contributed by atoms with Gasteiger partial charge in [-0.15, -0.1) is 0 Å². The molecule has 4 heteroatoms. The molecule has 0 radical (unpaired) electrons. The normalized spacial score (nSPS) is 12.8. The summed E-state index contributed by atoms with van der Waals surface area (Å²) in [5, 5.41) is 3.07. The molecule has 3 rings (SSSR count). The van der Waals surface area contributed by atoms with Crippen molar-refractivity contribution in [2.75, 3.05) is 19.5 Å². The van der Waals surface area contributed by atoms with E-state index in [-0.39, 0.29) is 11.9 Å². The van der Waals surface area contributed by atoms with Crippen molar-refractivity contribution in [3.8, 4) is 5.75 Å². The Morgan fingerprint density at radius 3 is 2.39 bits per heavy atom. The Bertz CT molecular complexity index is 907. The SMILES string of the molecule is COc1cccc(C[NH+](C)[C@@H](C(=O)Nc2ccc(C)cc2)c2ccccc2)c1. The molecular formula is C24H27N2O2+. The number of quaternary nitrogens is 1. The van der Waals surface area contributed by atoms with E-state index in [2.05, 4.69) is 11.4 Å². The zero-order chi connectivity index (χ0) is 19.9. The molecule has 0 aliphatic rings. The van der Waals surface area contributed by atoms with Crippen molar-refractivity contribution in [2.24, 2.45) is 0 Å². The zero-order valence-electron chi connectivity index (χ0n) is 16.6. The van der Waals surface area contributed by atoms with Gasteiger partial charge in [-0.2, -0.15) is 0 Å². The minimum Gasteiger partial charge on any atom is -0.497 e. The predicted octanol–water partition coefficient (Wildman–Crippen LogP) is 3.40. The first-order valence-electron chi connectivity index (χ1n) is 9.44. The number of rotatable bonds is 7. The van der Waals surface area contributed by atoms with Crippen LogP contribution in [0.1, 0.15) is 22.7 Å². The first-order chi connectivity index (χ1) is 13.6. The molecule has 1 unspecified atom stereocenters. The first kappa shape index (κ1) is 19.6. The van der Waals surface area contributed by atoms with Gasteiger partial charge in [0.05, 0.1) is 14.2 Å². The van der Waals surface area contributed by atoms with Crippen LogP contribution in [0.2, 0.25) is 0 Å². The Morgan fingerprint density at radius 2 is 1.71 bits per heavy atom. The van der Waals surface area contributed by atoms with Crippen LogP contribution in [0.25, 0.3) is 0 Å². The van der Waals surface area contributed by atoms with Crippen LogP contribution in [0.5, 0.6) is 5.75 Å². The smallest absolute Gasteiger partial charge is 0.287 e. The highest BCUT2D eigenvalue weighted by Gasteiger charge is 2.29. The third kappa shape index (κ3) is 4.99. The number of ether oxygens (including phenoxy) is 1. The minimum atomic E-state index is -0.325. The topological polar surface area (TPSA) is 42.8 Å². The number of likely N-dealkylation sites (N-methyl/N-ethyl adjacent to an activating group) is 1. The van der Waals surface area contributed by atoms with Crippen molar-refractivity contribution >= 4 is 11.6 Å². The van der Waals surface area contributed by atoms with Gasteiger partial charge in [0, 0.05) is 16.8 Å². The zero-order valence-corrected chi connectivity index (χ0v) is 16.6. The van der Waals surface area contributed by atoms with E-state index in [1.54, 1.807) is 7.11 Å². The van der Waals surface area contributed by atoms with Crippen LogP contribution in [-0.4, -0.2) is 20.1 Å². The summed E-state index contributed by atoms with van der Waals surface area (Å²) < 4.78 is 5.33. The number of carbonyl (C=O) groups is 1. The van der Waals surface area contributed by atoms with Crippen LogP contribution >= 0.6 is 0 Å². The summed E-state index contributed by atoms with van der Waals surface area (Å²) in [6, 6.07) is 25.5. The molecule has 0 fully saturated rings. The van der Waals surface area contributed by atoms with Crippen molar-refractivity contribution in [1.29, 1.82) is 0 Å². The Kier molecular flexibility index (Phi) is 6.45. The van der Waals surface area contributed by atoms with Gasteiger partial charge in [0.1, 0.15) is 12.3 Å². The second kappa shape index (κ2) is 9.20. The number of hydrogen-bond donors (Lipinski definition) is 2. The number of methoxy groups -OCH3 is 1.